The predicted octanol–water partition coefficient (Wildman–Crippen LogP) is 1.86. The van der Waals surface area contributed by atoms with E-state index in [1.165, 1.54) is 5.56 Å². The maximum absolute atomic E-state index is 9.03. The van der Waals surface area contributed by atoms with Crippen LogP contribution in [0.4, 0.5) is 0 Å². The van der Waals surface area contributed by atoms with E-state index in [1.54, 1.807) is 7.11 Å². The highest BCUT2D eigenvalue weighted by Gasteiger charge is 2.03. The number of nitrogens with zero attached hydrogens (tertiary/aromatic N) is 3. The van der Waals surface area contributed by atoms with Crippen molar-refractivity contribution in [2.75, 3.05) is 13.7 Å². The van der Waals surface area contributed by atoms with Crippen molar-refractivity contribution in [3.05, 3.63) is 47.3 Å². The van der Waals surface area contributed by atoms with Gasteiger partial charge in [0.2, 0.25) is 0 Å². The van der Waals surface area contributed by atoms with Gasteiger partial charge in [-0.25, -0.2) is 0 Å². The number of rotatable bonds is 6. The summed E-state index contributed by atoms with van der Waals surface area (Å²) in [5.41, 5.74) is 2.80. The second kappa shape index (κ2) is 6.73. The lowest BCUT2D eigenvalue weighted by Gasteiger charge is -2.07. The number of aryl methyl sites for hydroxylation is 1. The molecule has 0 radical (unpaired) electrons. The zero-order valence-corrected chi connectivity index (χ0v) is 11.8. The van der Waals surface area contributed by atoms with Crippen molar-refractivity contribution in [2.45, 2.75) is 20.0 Å². The molecule has 5 nitrogen and oxygen atoms in total. The van der Waals surface area contributed by atoms with Gasteiger partial charge in [0, 0.05) is 19.3 Å². The van der Waals surface area contributed by atoms with Gasteiger partial charge in [-0.2, -0.15) is 10.4 Å². The average Bonchev–Trinajstić information content (AvgIpc) is 2.89. The molecule has 0 saturated carbocycles. The molecular formula is C15H18N4O. The lowest BCUT2D eigenvalue weighted by molar-refractivity contribution is 0.413. The van der Waals surface area contributed by atoms with Crippen molar-refractivity contribution in [3.63, 3.8) is 0 Å². The Balaban J connectivity index is 1.84. The van der Waals surface area contributed by atoms with Gasteiger partial charge < -0.3 is 10.1 Å². The molecule has 0 atom stereocenters. The van der Waals surface area contributed by atoms with E-state index < -0.39 is 0 Å². The highest BCUT2D eigenvalue weighted by Crippen LogP contribution is 2.18. The Hall–Kier alpha value is -2.32. The van der Waals surface area contributed by atoms with Crippen LogP contribution in [0.15, 0.2) is 30.6 Å². The van der Waals surface area contributed by atoms with Gasteiger partial charge >= 0.3 is 0 Å². The Labute approximate surface area is 118 Å². The SMILES string of the molecule is COc1ccc(CNCCn2cc(C)cn2)cc1C#N. The van der Waals surface area contributed by atoms with Gasteiger partial charge in [0.1, 0.15) is 11.8 Å². The minimum atomic E-state index is 0.564. The summed E-state index contributed by atoms with van der Waals surface area (Å²) in [5.74, 6) is 0.614. The number of hydrogen-bond donors (Lipinski definition) is 1. The van der Waals surface area contributed by atoms with E-state index in [1.807, 2.05) is 42.2 Å². The summed E-state index contributed by atoms with van der Waals surface area (Å²) in [5, 5.41) is 16.6. The molecule has 0 aliphatic rings. The van der Waals surface area contributed by atoms with Gasteiger partial charge in [0.05, 0.1) is 25.4 Å². The van der Waals surface area contributed by atoms with Crippen molar-refractivity contribution >= 4 is 0 Å². The summed E-state index contributed by atoms with van der Waals surface area (Å²) in [6.45, 7) is 4.40. The first kappa shape index (κ1) is 14.1. The van der Waals surface area contributed by atoms with E-state index in [0.717, 1.165) is 25.2 Å². The molecule has 0 bridgehead atoms. The maximum Gasteiger partial charge on any atom is 0.136 e. The van der Waals surface area contributed by atoms with Gasteiger partial charge in [0.25, 0.3) is 0 Å². The van der Waals surface area contributed by atoms with Crippen LogP contribution in [0.3, 0.4) is 0 Å². The summed E-state index contributed by atoms with van der Waals surface area (Å²) in [7, 11) is 1.57. The first-order valence-corrected chi connectivity index (χ1v) is 6.49. The van der Waals surface area contributed by atoms with Crippen LogP contribution in [0.5, 0.6) is 5.75 Å². The lowest BCUT2D eigenvalue weighted by atomic mass is 10.1. The van der Waals surface area contributed by atoms with Crippen LogP contribution in [0.2, 0.25) is 0 Å². The standard InChI is InChI=1S/C15H18N4O/c1-12-9-18-19(11-12)6-5-17-10-13-3-4-15(20-2)14(7-13)8-16/h3-4,7,9,11,17H,5-6,10H2,1-2H3. The fraction of sp³-hybridized carbons (Fsp3) is 0.333. The van der Waals surface area contributed by atoms with Crippen LogP contribution in [-0.2, 0) is 13.1 Å². The minimum Gasteiger partial charge on any atom is -0.495 e. The topological polar surface area (TPSA) is 62.9 Å². The minimum absolute atomic E-state index is 0.564. The van der Waals surface area contributed by atoms with Crippen LogP contribution >= 0.6 is 0 Å². The number of aromatic nitrogens is 2. The Morgan fingerprint density at radius 1 is 1.45 bits per heavy atom. The van der Waals surface area contributed by atoms with Crippen LogP contribution in [-0.4, -0.2) is 23.4 Å². The molecule has 0 spiro atoms. The summed E-state index contributed by atoms with van der Waals surface area (Å²) >= 11 is 0. The van der Waals surface area contributed by atoms with Crippen molar-refractivity contribution in [2.24, 2.45) is 0 Å². The lowest BCUT2D eigenvalue weighted by Crippen LogP contribution is -2.19. The van der Waals surface area contributed by atoms with Crippen LogP contribution in [0, 0.1) is 18.3 Å². The molecule has 0 amide bonds. The smallest absolute Gasteiger partial charge is 0.136 e. The number of nitriles is 1. The van der Waals surface area contributed by atoms with Crippen molar-refractivity contribution < 1.29 is 4.74 Å². The Bertz CT molecular complexity index is 613. The fourth-order valence-corrected chi connectivity index (χ4v) is 1.97. The van der Waals surface area contributed by atoms with E-state index >= 15 is 0 Å². The average molecular weight is 270 g/mol. The summed E-state index contributed by atoms with van der Waals surface area (Å²) in [4.78, 5) is 0. The molecule has 5 heteroatoms. The molecule has 104 valence electrons. The molecule has 0 unspecified atom stereocenters. The van der Waals surface area contributed by atoms with Crippen LogP contribution in [0.1, 0.15) is 16.7 Å². The second-order valence-electron chi connectivity index (χ2n) is 4.60. The van der Waals surface area contributed by atoms with E-state index in [9.17, 15) is 0 Å². The molecule has 0 saturated heterocycles. The Kier molecular flexibility index (Phi) is 4.75. The second-order valence-corrected chi connectivity index (χ2v) is 4.60. The highest BCUT2D eigenvalue weighted by molar-refractivity contribution is 5.45. The van der Waals surface area contributed by atoms with Crippen LogP contribution < -0.4 is 10.1 Å². The van der Waals surface area contributed by atoms with Gasteiger partial charge in [0.15, 0.2) is 0 Å². The predicted molar refractivity (Wildman–Crippen MR) is 76.4 cm³/mol. The quantitative estimate of drug-likeness (QED) is 0.814. The van der Waals surface area contributed by atoms with Crippen molar-refractivity contribution in [1.29, 1.82) is 5.26 Å². The van der Waals surface area contributed by atoms with Crippen LogP contribution in [0.25, 0.3) is 0 Å². The molecule has 2 aromatic rings. The summed E-state index contributed by atoms with van der Waals surface area (Å²) in [6, 6.07) is 7.78. The molecule has 0 aliphatic heterocycles. The molecule has 20 heavy (non-hydrogen) atoms. The van der Waals surface area contributed by atoms with E-state index in [-0.39, 0.29) is 0 Å². The first-order chi connectivity index (χ1) is 9.72. The van der Waals surface area contributed by atoms with Gasteiger partial charge in [-0.3, -0.25) is 4.68 Å². The van der Waals surface area contributed by atoms with Gasteiger partial charge in [-0.05, 0) is 30.2 Å². The van der Waals surface area contributed by atoms with E-state index in [2.05, 4.69) is 16.5 Å². The third-order valence-corrected chi connectivity index (χ3v) is 2.99. The first-order valence-electron chi connectivity index (χ1n) is 6.49. The number of nitrogens with one attached hydrogen (secondary N) is 1. The molecule has 2 rings (SSSR count). The zero-order chi connectivity index (χ0) is 14.4. The zero-order valence-electron chi connectivity index (χ0n) is 11.8. The van der Waals surface area contributed by atoms with E-state index in [4.69, 9.17) is 10.00 Å². The molecule has 1 aromatic heterocycles. The largest absolute Gasteiger partial charge is 0.495 e. The molecule has 1 N–H and O–H groups in total. The molecule has 1 heterocycles. The van der Waals surface area contributed by atoms with E-state index in [0.29, 0.717) is 11.3 Å². The number of hydrogen-bond acceptors (Lipinski definition) is 4. The Morgan fingerprint density at radius 3 is 2.95 bits per heavy atom. The highest BCUT2D eigenvalue weighted by atomic mass is 16.5. The number of methoxy groups -OCH3 is 1. The van der Waals surface area contributed by atoms with Gasteiger partial charge in [-0.15, -0.1) is 0 Å². The molecular weight excluding hydrogens is 252 g/mol. The third kappa shape index (κ3) is 3.59. The molecule has 1 aromatic carbocycles. The number of ether oxygens (including phenoxy) is 1. The normalized spacial score (nSPS) is 10.2. The Morgan fingerprint density at radius 2 is 2.30 bits per heavy atom. The summed E-state index contributed by atoms with van der Waals surface area (Å²) < 4.78 is 7.04. The summed E-state index contributed by atoms with van der Waals surface area (Å²) in [6.07, 6.45) is 3.87. The molecule has 0 aliphatic carbocycles. The molecule has 0 fully saturated rings. The van der Waals surface area contributed by atoms with Crippen molar-refractivity contribution in [1.82, 2.24) is 15.1 Å². The number of benzene rings is 1. The monoisotopic (exact) mass is 270 g/mol. The fourth-order valence-electron chi connectivity index (χ4n) is 1.97. The van der Waals surface area contributed by atoms with Crippen molar-refractivity contribution in [3.8, 4) is 11.8 Å². The maximum atomic E-state index is 9.03. The van der Waals surface area contributed by atoms with Gasteiger partial charge in [-0.1, -0.05) is 6.07 Å². The third-order valence-electron chi connectivity index (χ3n) is 2.99.